The van der Waals surface area contributed by atoms with Gasteiger partial charge in [0, 0.05) is 17.8 Å². The average molecular weight is 439 g/mol. The van der Waals surface area contributed by atoms with Crippen LogP contribution in [-0.2, 0) is 10.0 Å². The SMILES string of the molecule is O=S(=O)(Nc1nc(Oc2ccccc2)cc(-c2ccccc2)n1)c1ccc(Cl)nc1. The van der Waals surface area contributed by atoms with Gasteiger partial charge in [-0.05, 0) is 24.3 Å². The highest BCUT2D eigenvalue weighted by molar-refractivity contribution is 7.92. The molecule has 4 rings (SSSR count). The summed E-state index contributed by atoms with van der Waals surface area (Å²) in [5.74, 6) is 0.630. The topological polar surface area (TPSA) is 94.1 Å². The summed E-state index contributed by atoms with van der Waals surface area (Å²) >= 11 is 5.74. The highest BCUT2D eigenvalue weighted by Crippen LogP contribution is 2.27. The van der Waals surface area contributed by atoms with E-state index in [1.165, 1.54) is 12.1 Å². The van der Waals surface area contributed by atoms with Crippen LogP contribution in [0.5, 0.6) is 11.6 Å². The molecule has 0 saturated heterocycles. The molecule has 2 aromatic heterocycles. The summed E-state index contributed by atoms with van der Waals surface area (Å²) < 4.78 is 33.6. The van der Waals surface area contributed by atoms with Crippen LogP contribution in [0.25, 0.3) is 11.3 Å². The molecule has 4 aromatic rings. The van der Waals surface area contributed by atoms with Gasteiger partial charge in [-0.2, -0.15) is 4.98 Å². The fourth-order valence-corrected chi connectivity index (χ4v) is 3.59. The van der Waals surface area contributed by atoms with E-state index in [9.17, 15) is 8.42 Å². The molecule has 2 heterocycles. The van der Waals surface area contributed by atoms with Crippen molar-refractivity contribution in [2.45, 2.75) is 4.90 Å². The number of hydrogen-bond acceptors (Lipinski definition) is 6. The van der Waals surface area contributed by atoms with Crippen molar-refractivity contribution in [1.29, 1.82) is 0 Å². The highest BCUT2D eigenvalue weighted by Gasteiger charge is 2.18. The van der Waals surface area contributed by atoms with E-state index in [4.69, 9.17) is 16.3 Å². The molecular formula is C21H15ClN4O3S. The van der Waals surface area contributed by atoms with E-state index in [-0.39, 0.29) is 21.9 Å². The maximum Gasteiger partial charge on any atom is 0.265 e. The van der Waals surface area contributed by atoms with E-state index in [1.54, 1.807) is 18.2 Å². The Labute approximate surface area is 178 Å². The predicted octanol–water partition coefficient (Wildman–Crippen LogP) is 4.79. The van der Waals surface area contributed by atoms with Crippen LogP contribution in [0, 0.1) is 0 Å². The second-order valence-corrected chi connectivity index (χ2v) is 8.19. The number of hydrogen-bond donors (Lipinski definition) is 1. The molecule has 0 spiro atoms. The summed E-state index contributed by atoms with van der Waals surface area (Å²) in [6.07, 6.45) is 1.16. The van der Waals surface area contributed by atoms with Gasteiger partial charge in [-0.15, -0.1) is 0 Å². The molecule has 9 heteroatoms. The average Bonchev–Trinajstić information content (AvgIpc) is 2.75. The lowest BCUT2D eigenvalue weighted by Crippen LogP contribution is -2.15. The van der Waals surface area contributed by atoms with Gasteiger partial charge in [0.2, 0.25) is 11.8 Å². The molecule has 0 aliphatic rings. The fraction of sp³-hybridized carbons (Fsp3) is 0. The van der Waals surface area contributed by atoms with Crippen molar-refractivity contribution in [1.82, 2.24) is 15.0 Å². The Morgan fingerprint density at radius 2 is 1.57 bits per heavy atom. The van der Waals surface area contributed by atoms with Crippen LogP contribution in [-0.4, -0.2) is 23.4 Å². The van der Waals surface area contributed by atoms with E-state index in [0.29, 0.717) is 11.4 Å². The van der Waals surface area contributed by atoms with Gasteiger partial charge in [-0.25, -0.2) is 23.1 Å². The van der Waals surface area contributed by atoms with Crippen molar-refractivity contribution in [2.75, 3.05) is 4.72 Å². The van der Waals surface area contributed by atoms with Gasteiger partial charge in [0.05, 0.1) is 5.69 Å². The number of aromatic nitrogens is 3. The lowest BCUT2D eigenvalue weighted by atomic mass is 10.1. The number of nitrogens with one attached hydrogen (secondary N) is 1. The van der Waals surface area contributed by atoms with Crippen LogP contribution in [0.1, 0.15) is 0 Å². The van der Waals surface area contributed by atoms with Crippen molar-refractivity contribution in [3.8, 4) is 22.9 Å². The first kappa shape index (κ1) is 19.8. The highest BCUT2D eigenvalue weighted by atomic mass is 35.5. The van der Waals surface area contributed by atoms with E-state index >= 15 is 0 Å². The molecule has 0 amide bonds. The Morgan fingerprint density at radius 3 is 2.23 bits per heavy atom. The number of pyridine rings is 1. The van der Waals surface area contributed by atoms with Crippen LogP contribution < -0.4 is 9.46 Å². The van der Waals surface area contributed by atoms with Gasteiger partial charge in [0.15, 0.2) is 0 Å². The zero-order valence-electron chi connectivity index (χ0n) is 15.4. The van der Waals surface area contributed by atoms with E-state index in [2.05, 4.69) is 19.7 Å². The van der Waals surface area contributed by atoms with Crippen molar-refractivity contribution >= 4 is 27.6 Å². The Bertz CT molecular complexity index is 1250. The number of ether oxygens (including phenoxy) is 1. The number of halogens is 1. The second kappa shape index (κ2) is 8.48. The third kappa shape index (κ3) is 4.73. The minimum Gasteiger partial charge on any atom is -0.439 e. The van der Waals surface area contributed by atoms with Crippen LogP contribution in [0.2, 0.25) is 5.15 Å². The van der Waals surface area contributed by atoms with E-state index in [0.717, 1.165) is 11.8 Å². The lowest BCUT2D eigenvalue weighted by Gasteiger charge is -2.11. The molecule has 0 unspecified atom stereocenters. The van der Waals surface area contributed by atoms with E-state index < -0.39 is 10.0 Å². The number of nitrogens with zero attached hydrogens (tertiary/aromatic N) is 3. The molecule has 0 bridgehead atoms. The number of sulfonamides is 1. The monoisotopic (exact) mass is 438 g/mol. The number of rotatable bonds is 6. The summed E-state index contributed by atoms with van der Waals surface area (Å²) in [5, 5.41) is 0.190. The predicted molar refractivity (Wildman–Crippen MR) is 114 cm³/mol. The maximum absolute atomic E-state index is 12.7. The number of para-hydroxylation sites is 1. The quantitative estimate of drug-likeness (QED) is 0.435. The minimum absolute atomic E-state index is 0.0638. The van der Waals surface area contributed by atoms with Crippen LogP contribution in [0.15, 0.2) is 90.0 Å². The van der Waals surface area contributed by atoms with Crippen molar-refractivity contribution in [3.05, 3.63) is 90.2 Å². The van der Waals surface area contributed by atoms with Gasteiger partial charge < -0.3 is 4.74 Å². The summed E-state index contributed by atoms with van der Waals surface area (Å²) in [6, 6.07) is 22.7. The van der Waals surface area contributed by atoms with Gasteiger partial charge in [-0.1, -0.05) is 60.1 Å². The molecule has 0 atom stereocenters. The Morgan fingerprint density at radius 1 is 0.867 bits per heavy atom. The molecule has 150 valence electrons. The van der Waals surface area contributed by atoms with Gasteiger partial charge in [0.1, 0.15) is 15.8 Å². The Balaban J connectivity index is 1.72. The zero-order chi connectivity index (χ0) is 21.0. The summed E-state index contributed by atoms with van der Waals surface area (Å²) in [6.45, 7) is 0. The molecule has 2 aromatic carbocycles. The maximum atomic E-state index is 12.7. The first-order chi connectivity index (χ1) is 14.5. The third-order valence-corrected chi connectivity index (χ3v) is 5.51. The van der Waals surface area contributed by atoms with Gasteiger partial charge >= 0.3 is 0 Å². The molecule has 0 radical (unpaired) electrons. The number of anilines is 1. The van der Waals surface area contributed by atoms with Crippen molar-refractivity contribution < 1.29 is 13.2 Å². The van der Waals surface area contributed by atoms with Crippen molar-refractivity contribution in [2.24, 2.45) is 0 Å². The summed E-state index contributed by atoms with van der Waals surface area (Å²) in [4.78, 5) is 12.3. The standard InChI is InChI=1S/C21H15ClN4O3S/c22-19-12-11-17(14-23-19)30(27,28)26-21-24-18(15-7-3-1-4-8-15)13-20(25-21)29-16-9-5-2-6-10-16/h1-14H,(H,24,25,26). The van der Waals surface area contributed by atoms with Crippen LogP contribution >= 0.6 is 11.6 Å². The lowest BCUT2D eigenvalue weighted by molar-refractivity contribution is 0.463. The first-order valence-electron chi connectivity index (χ1n) is 8.81. The molecular weight excluding hydrogens is 424 g/mol. The number of benzene rings is 2. The molecule has 1 N–H and O–H groups in total. The molecule has 30 heavy (non-hydrogen) atoms. The van der Waals surface area contributed by atoms with Crippen molar-refractivity contribution in [3.63, 3.8) is 0 Å². The molecule has 0 saturated carbocycles. The van der Waals surface area contributed by atoms with E-state index in [1.807, 2.05) is 48.5 Å². The summed E-state index contributed by atoms with van der Waals surface area (Å²) in [7, 11) is -3.97. The molecule has 0 aliphatic heterocycles. The first-order valence-corrected chi connectivity index (χ1v) is 10.7. The molecule has 7 nitrogen and oxygen atoms in total. The normalized spacial score (nSPS) is 11.1. The Kier molecular flexibility index (Phi) is 5.60. The molecule has 0 aliphatic carbocycles. The fourth-order valence-electron chi connectivity index (χ4n) is 2.59. The zero-order valence-corrected chi connectivity index (χ0v) is 17.0. The largest absolute Gasteiger partial charge is 0.439 e. The minimum atomic E-state index is -3.97. The third-order valence-electron chi connectivity index (χ3n) is 3.97. The van der Waals surface area contributed by atoms with Crippen LogP contribution in [0.4, 0.5) is 5.95 Å². The second-order valence-electron chi connectivity index (χ2n) is 6.12. The summed E-state index contributed by atoms with van der Waals surface area (Å²) in [5.41, 5.74) is 1.29. The molecule has 0 fully saturated rings. The van der Waals surface area contributed by atoms with Crippen LogP contribution in [0.3, 0.4) is 0 Å². The van der Waals surface area contributed by atoms with Gasteiger partial charge in [-0.3, -0.25) is 0 Å². The Hall–Kier alpha value is -3.49. The smallest absolute Gasteiger partial charge is 0.265 e. The van der Waals surface area contributed by atoms with Gasteiger partial charge in [0.25, 0.3) is 10.0 Å².